The van der Waals surface area contributed by atoms with E-state index in [-0.39, 0.29) is 0 Å². The van der Waals surface area contributed by atoms with Crippen LogP contribution in [0.1, 0.15) is 0 Å². The third kappa shape index (κ3) is 3.46. The molecule has 0 aliphatic heterocycles. The van der Waals surface area contributed by atoms with Crippen molar-refractivity contribution in [3.63, 3.8) is 0 Å². The standard InChI is InChI=1S/C46H28N2/c1-3-14-32-29(11-1)30-12-2-8-19-37(30)46-45(32)39-26-28(22-24-42(39)48-46)44-35-17-6-4-15-33(35)43(34-16-5-7-18-36(34)44)27-21-23-41-38(25-27)31-13-9-10-20-40(31)47-41/h1-26,47-48H. The smallest absolute Gasteiger partial charge is 0.0551 e. The van der Waals surface area contributed by atoms with Crippen LogP contribution >= 0.6 is 0 Å². The first-order valence-electron chi connectivity index (χ1n) is 16.6. The molecule has 0 fully saturated rings. The van der Waals surface area contributed by atoms with Gasteiger partial charge in [-0.25, -0.2) is 0 Å². The van der Waals surface area contributed by atoms with Crippen LogP contribution in [0.15, 0.2) is 158 Å². The van der Waals surface area contributed by atoms with Gasteiger partial charge in [-0.3, -0.25) is 0 Å². The minimum atomic E-state index is 1.16. The van der Waals surface area contributed by atoms with E-state index in [1.807, 2.05) is 0 Å². The van der Waals surface area contributed by atoms with Gasteiger partial charge < -0.3 is 9.97 Å². The zero-order chi connectivity index (χ0) is 31.3. The van der Waals surface area contributed by atoms with E-state index in [4.69, 9.17) is 0 Å². The SMILES string of the molecule is c1ccc2c(c1)[nH]c1ccc(-c3c4ccccc4c(-c4ccc5[nH]c6c7ccccc7c7ccccc7c6c5c4)c4ccccc34)cc12. The molecule has 0 amide bonds. The van der Waals surface area contributed by atoms with Crippen molar-refractivity contribution < 1.29 is 0 Å². The Morgan fingerprint density at radius 1 is 0.271 bits per heavy atom. The highest BCUT2D eigenvalue weighted by Gasteiger charge is 2.19. The number of para-hydroxylation sites is 1. The van der Waals surface area contributed by atoms with Gasteiger partial charge in [0, 0.05) is 43.5 Å². The lowest BCUT2D eigenvalue weighted by atomic mass is 9.85. The first-order valence-corrected chi connectivity index (χ1v) is 16.6. The largest absolute Gasteiger partial charge is 0.355 e. The van der Waals surface area contributed by atoms with Gasteiger partial charge in [-0.1, -0.05) is 127 Å². The van der Waals surface area contributed by atoms with Crippen molar-refractivity contribution in [2.24, 2.45) is 0 Å². The molecular weight excluding hydrogens is 581 g/mol. The van der Waals surface area contributed by atoms with Crippen LogP contribution in [-0.4, -0.2) is 9.97 Å². The molecule has 11 aromatic rings. The van der Waals surface area contributed by atoms with Crippen molar-refractivity contribution in [2.45, 2.75) is 0 Å². The van der Waals surface area contributed by atoms with Gasteiger partial charge in [0.1, 0.15) is 0 Å². The number of aromatic amines is 2. The lowest BCUT2D eigenvalue weighted by molar-refractivity contribution is 1.55. The van der Waals surface area contributed by atoms with Gasteiger partial charge in [-0.2, -0.15) is 0 Å². The lowest BCUT2D eigenvalue weighted by Crippen LogP contribution is -1.91. The van der Waals surface area contributed by atoms with E-state index in [1.165, 1.54) is 97.9 Å². The molecule has 0 atom stereocenters. The van der Waals surface area contributed by atoms with E-state index in [9.17, 15) is 0 Å². The Hall–Kier alpha value is -6.38. The normalized spacial score (nSPS) is 12.2. The summed E-state index contributed by atoms with van der Waals surface area (Å²) in [4.78, 5) is 7.42. The van der Waals surface area contributed by atoms with Crippen LogP contribution < -0.4 is 0 Å². The van der Waals surface area contributed by atoms with Gasteiger partial charge in [-0.15, -0.1) is 0 Å². The van der Waals surface area contributed by atoms with Crippen molar-refractivity contribution in [3.8, 4) is 22.3 Å². The molecule has 48 heavy (non-hydrogen) atoms. The lowest BCUT2D eigenvalue weighted by Gasteiger charge is -2.18. The molecule has 0 saturated carbocycles. The second-order valence-corrected chi connectivity index (χ2v) is 13.0. The van der Waals surface area contributed by atoms with E-state index >= 15 is 0 Å². The summed E-state index contributed by atoms with van der Waals surface area (Å²) in [6.07, 6.45) is 0. The van der Waals surface area contributed by atoms with Crippen molar-refractivity contribution >= 4 is 86.7 Å². The van der Waals surface area contributed by atoms with Crippen molar-refractivity contribution in [1.82, 2.24) is 9.97 Å². The number of rotatable bonds is 2. The number of fused-ring (bicyclic) bond motifs is 13. The van der Waals surface area contributed by atoms with Crippen molar-refractivity contribution in [1.29, 1.82) is 0 Å². The topological polar surface area (TPSA) is 31.6 Å². The van der Waals surface area contributed by atoms with Crippen LogP contribution in [0, 0.1) is 0 Å². The Balaban J connectivity index is 1.23. The highest BCUT2D eigenvalue weighted by Crippen LogP contribution is 2.46. The maximum atomic E-state index is 3.82. The molecule has 9 aromatic carbocycles. The second kappa shape index (κ2) is 9.57. The third-order valence-electron chi connectivity index (χ3n) is 10.5. The predicted octanol–water partition coefficient (Wildman–Crippen LogP) is 12.9. The number of hydrogen-bond donors (Lipinski definition) is 2. The fourth-order valence-electron chi connectivity index (χ4n) is 8.46. The van der Waals surface area contributed by atoms with E-state index < -0.39 is 0 Å². The van der Waals surface area contributed by atoms with Crippen molar-refractivity contribution in [2.75, 3.05) is 0 Å². The highest BCUT2D eigenvalue weighted by atomic mass is 14.7. The Kier molecular flexibility index (Phi) is 5.14. The summed E-state index contributed by atoms with van der Waals surface area (Å²) in [5, 5.41) is 15.2. The molecule has 2 aromatic heterocycles. The van der Waals surface area contributed by atoms with Crippen LogP contribution in [0.25, 0.3) is 109 Å². The molecule has 0 aliphatic carbocycles. The maximum Gasteiger partial charge on any atom is 0.0551 e. The highest BCUT2D eigenvalue weighted by molar-refractivity contribution is 6.32. The minimum Gasteiger partial charge on any atom is -0.355 e. The quantitative estimate of drug-likeness (QED) is 0.145. The zero-order valence-corrected chi connectivity index (χ0v) is 26.0. The van der Waals surface area contributed by atoms with Crippen LogP contribution in [0.4, 0.5) is 0 Å². The Morgan fingerprint density at radius 3 is 1.29 bits per heavy atom. The first kappa shape index (κ1) is 25.8. The fourth-order valence-corrected chi connectivity index (χ4v) is 8.46. The third-order valence-corrected chi connectivity index (χ3v) is 10.5. The second-order valence-electron chi connectivity index (χ2n) is 13.0. The summed E-state index contributed by atoms with van der Waals surface area (Å²) < 4.78 is 0. The number of H-pyrrole nitrogens is 2. The van der Waals surface area contributed by atoms with Gasteiger partial charge in [0.2, 0.25) is 0 Å². The van der Waals surface area contributed by atoms with Crippen molar-refractivity contribution in [3.05, 3.63) is 158 Å². The molecule has 0 unspecified atom stereocenters. The predicted molar refractivity (Wildman–Crippen MR) is 206 cm³/mol. The number of benzene rings is 9. The average Bonchev–Trinajstić information content (AvgIpc) is 3.72. The summed E-state index contributed by atoms with van der Waals surface area (Å²) in [5.74, 6) is 0. The molecule has 0 saturated heterocycles. The molecule has 2 heterocycles. The van der Waals surface area contributed by atoms with E-state index in [1.54, 1.807) is 0 Å². The number of aromatic nitrogens is 2. The Labute approximate surface area is 275 Å². The van der Waals surface area contributed by atoms with Crippen LogP contribution in [-0.2, 0) is 0 Å². The number of hydrogen-bond acceptors (Lipinski definition) is 0. The fraction of sp³-hybridized carbons (Fsp3) is 0. The molecule has 0 bridgehead atoms. The molecule has 11 rings (SSSR count). The molecule has 2 nitrogen and oxygen atoms in total. The van der Waals surface area contributed by atoms with E-state index in [2.05, 4.69) is 168 Å². The molecule has 222 valence electrons. The molecule has 0 radical (unpaired) electrons. The number of nitrogens with one attached hydrogen (secondary N) is 2. The summed E-state index contributed by atoms with van der Waals surface area (Å²) in [5.41, 5.74) is 9.72. The summed E-state index contributed by atoms with van der Waals surface area (Å²) in [7, 11) is 0. The van der Waals surface area contributed by atoms with Gasteiger partial charge in [0.15, 0.2) is 0 Å². The van der Waals surface area contributed by atoms with Crippen LogP contribution in [0.2, 0.25) is 0 Å². The first-order chi connectivity index (χ1) is 23.8. The monoisotopic (exact) mass is 608 g/mol. The van der Waals surface area contributed by atoms with Crippen LogP contribution in [0.5, 0.6) is 0 Å². The molecular formula is C46H28N2. The minimum absolute atomic E-state index is 1.16. The summed E-state index contributed by atoms with van der Waals surface area (Å²) >= 11 is 0. The van der Waals surface area contributed by atoms with Gasteiger partial charge in [0.25, 0.3) is 0 Å². The Morgan fingerprint density at radius 2 is 0.688 bits per heavy atom. The molecule has 2 N–H and O–H groups in total. The Bertz CT molecular complexity index is 3060. The van der Waals surface area contributed by atoms with Gasteiger partial charge >= 0.3 is 0 Å². The van der Waals surface area contributed by atoms with E-state index in [0.29, 0.717) is 0 Å². The summed E-state index contributed by atoms with van der Waals surface area (Å²) in [6.45, 7) is 0. The summed E-state index contributed by atoms with van der Waals surface area (Å²) in [6, 6.07) is 58.0. The average molecular weight is 609 g/mol. The maximum absolute atomic E-state index is 3.82. The van der Waals surface area contributed by atoms with Gasteiger partial charge in [0.05, 0.1) is 5.52 Å². The van der Waals surface area contributed by atoms with Gasteiger partial charge in [-0.05, 0) is 90.3 Å². The van der Waals surface area contributed by atoms with E-state index in [0.717, 1.165) is 11.0 Å². The zero-order valence-electron chi connectivity index (χ0n) is 26.0. The van der Waals surface area contributed by atoms with Crippen LogP contribution in [0.3, 0.4) is 0 Å². The molecule has 0 spiro atoms. The molecule has 0 aliphatic rings. The molecule has 2 heteroatoms.